The minimum atomic E-state index is -1.68. The number of phenols is 1. The van der Waals surface area contributed by atoms with E-state index in [2.05, 4.69) is 42.2 Å². The summed E-state index contributed by atoms with van der Waals surface area (Å²) in [7, 11) is 2.02. The largest absolute Gasteiger partial charge is 0.508 e. The molecule has 8 atom stereocenters. The maximum atomic E-state index is 14.8. The SMILES string of the molecule is NCCCC[C@@H]1NC(=O)[C@@H](Cc2c[nH]c3ccccc23)NC(=O)[C@H](Cc2ccc(O)cc2)NC(=O)[C@@H](NC(=O)[C@H](N)Cc2ccccc2)CSSC[C@@H](C(=O)N[C@@H](Cc2ccc3ccccc3c2)C(N)=O)NC(=O)[C@H](CO)NC1=O. The molecule has 1 saturated heterocycles. The van der Waals surface area contributed by atoms with Crippen LogP contribution in [-0.2, 0) is 64.0 Å². The van der Waals surface area contributed by atoms with E-state index in [9.17, 15) is 48.6 Å². The number of hydrogen-bond acceptors (Lipinski definition) is 14. The quantitative estimate of drug-likeness (QED) is 0.0422. The number of phenolic OH excluding ortho intramolecular Hbond substituents is 1. The summed E-state index contributed by atoms with van der Waals surface area (Å²) in [5.41, 5.74) is 21.4. The second-order valence-corrected chi connectivity index (χ2v) is 22.0. The van der Waals surface area contributed by atoms with Crippen LogP contribution in [-0.4, -0.2) is 135 Å². The topological polar surface area (TPSA) is 355 Å². The van der Waals surface area contributed by atoms with Crippen LogP contribution < -0.4 is 54.4 Å². The van der Waals surface area contributed by atoms with Gasteiger partial charge in [-0.05, 0) is 83.5 Å². The molecule has 5 aromatic carbocycles. The van der Waals surface area contributed by atoms with Crippen molar-refractivity contribution >= 4 is 90.5 Å². The Bertz CT molecular complexity index is 3130. The Kier molecular flexibility index (Phi) is 21.9. The summed E-state index contributed by atoms with van der Waals surface area (Å²) in [5.74, 6) is -7.26. The van der Waals surface area contributed by atoms with Crippen LogP contribution in [0.3, 0.4) is 0 Å². The molecule has 23 heteroatoms. The highest BCUT2D eigenvalue weighted by Gasteiger charge is 2.35. The molecular formula is C57H67N11O10S2. The predicted octanol–water partition coefficient (Wildman–Crippen LogP) is 1.02. The number of benzene rings is 5. The first kappa shape index (κ1) is 59.7. The van der Waals surface area contributed by atoms with Crippen LogP contribution in [0.5, 0.6) is 5.75 Å². The minimum absolute atomic E-state index is 0.00848. The van der Waals surface area contributed by atoms with E-state index in [4.69, 9.17) is 17.2 Å². The molecule has 1 fully saturated rings. The number of carbonyl (C=O) groups is 8. The first-order chi connectivity index (χ1) is 38.6. The minimum Gasteiger partial charge on any atom is -0.508 e. The van der Waals surface area contributed by atoms with Crippen LogP contribution in [0.25, 0.3) is 21.7 Å². The second kappa shape index (κ2) is 29.3. The smallest absolute Gasteiger partial charge is 0.245 e. The number of primary amides is 1. The number of aromatic nitrogens is 1. The molecular weight excluding hydrogens is 1060 g/mol. The third-order valence-corrected chi connectivity index (χ3v) is 15.9. The van der Waals surface area contributed by atoms with E-state index in [0.29, 0.717) is 29.5 Å². The number of aromatic amines is 1. The predicted molar refractivity (Wildman–Crippen MR) is 307 cm³/mol. The molecule has 0 saturated carbocycles. The molecule has 6 aromatic rings. The lowest BCUT2D eigenvalue weighted by Crippen LogP contribution is -2.61. The molecule has 0 radical (unpaired) electrons. The standard InChI is InChI=1S/C57H67N11O10S2/c58-23-9-8-16-43-52(73)66-47(30-69)55(76)68-49(56(77)63-44(50(60)71)27-35-17-20-36-12-4-5-13-37(36)24-35)32-80-79-31-48(67-51(72)41(59)25-33-10-2-1-3-11-33)57(78)64-45(26-34-18-21-39(70)22-19-34)53(74)65-46(54(75)62-43)28-38-29-61-42-15-7-6-14-40(38)42/h1-7,10-15,17-22,24,29,41,43-49,61,69-70H,8-9,16,23,25-28,30-32,58-59H2,(H2,60,71)(H,62,75)(H,63,77)(H,64,78)(H,65,74)(H,66,73)(H,67,72)(H,68,76)/t41-,43+,44+,45+,46-,47+,48+,49+/m1/s1. The zero-order valence-electron chi connectivity index (χ0n) is 43.7. The van der Waals surface area contributed by atoms with Gasteiger partial charge in [0.1, 0.15) is 48.0 Å². The molecule has 1 aliphatic rings. The monoisotopic (exact) mass is 1130 g/mol. The number of rotatable bonds is 18. The lowest BCUT2D eigenvalue weighted by Gasteiger charge is -2.28. The summed E-state index contributed by atoms with van der Waals surface area (Å²) in [6.45, 7) is -0.700. The summed E-state index contributed by atoms with van der Waals surface area (Å²) < 4.78 is 0. The number of aliphatic hydroxyl groups excluding tert-OH is 1. The van der Waals surface area contributed by atoms with E-state index < -0.39 is 102 Å². The molecule has 422 valence electrons. The molecule has 21 nitrogen and oxygen atoms in total. The van der Waals surface area contributed by atoms with E-state index in [1.165, 1.54) is 12.1 Å². The van der Waals surface area contributed by atoms with Gasteiger partial charge < -0.3 is 69.6 Å². The normalized spacial score (nSPS) is 20.7. The fourth-order valence-electron chi connectivity index (χ4n) is 9.06. The number of H-pyrrole nitrogens is 1. The number of para-hydroxylation sites is 1. The fourth-order valence-corrected chi connectivity index (χ4v) is 11.4. The maximum absolute atomic E-state index is 14.8. The van der Waals surface area contributed by atoms with Crippen LogP contribution in [0.1, 0.15) is 41.5 Å². The number of nitrogens with one attached hydrogen (secondary N) is 8. The average molecular weight is 1130 g/mol. The number of aromatic hydroxyl groups is 1. The van der Waals surface area contributed by atoms with Crippen molar-refractivity contribution in [2.24, 2.45) is 17.2 Å². The number of nitrogens with two attached hydrogens (primary N) is 3. The maximum Gasteiger partial charge on any atom is 0.245 e. The van der Waals surface area contributed by atoms with Gasteiger partial charge in [0, 0.05) is 47.9 Å². The first-order valence-electron chi connectivity index (χ1n) is 26.2. The highest BCUT2D eigenvalue weighted by Crippen LogP contribution is 2.25. The summed E-state index contributed by atoms with van der Waals surface area (Å²) in [6.07, 6.45) is 2.29. The van der Waals surface area contributed by atoms with E-state index in [-0.39, 0.29) is 55.9 Å². The lowest BCUT2D eigenvalue weighted by molar-refractivity contribution is -0.136. The van der Waals surface area contributed by atoms with Gasteiger partial charge in [-0.2, -0.15) is 0 Å². The van der Waals surface area contributed by atoms with Gasteiger partial charge in [0.15, 0.2) is 0 Å². The van der Waals surface area contributed by atoms with Crippen molar-refractivity contribution in [3.05, 3.63) is 150 Å². The van der Waals surface area contributed by atoms with Crippen molar-refractivity contribution < 1.29 is 48.6 Å². The molecule has 80 heavy (non-hydrogen) atoms. The summed E-state index contributed by atoms with van der Waals surface area (Å²) in [6, 6.07) is 24.2. The van der Waals surface area contributed by atoms with Crippen molar-refractivity contribution in [3.63, 3.8) is 0 Å². The van der Waals surface area contributed by atoms with Gasteiger partial charge >= 0.3 is 0 Å². The molecule has 7 rings (SSSR count). The summed E-state index contributed by atoms with van der Waals surface area (Å²) in [4.78, 5) is 117. The molecule has 1 aliphatic heterocycles. The Morgan fingerprint density at radius 3 is 1.98 bits per heavy atom. The van der Waals surface area contributed by atoms with Gasteiger partial charge in [0.25, 0.3) is 0 Å². The number of hydrogen-bond donors (Lipinski definition) is 13. The Morgan fingerprint density at radius 2 is 1.25 bits per heavy atom. The van der Waals surface area contributed by atoms with Crippen molar-refractivity contribution in [2.45, 2.75) is 93.3 Å². The Morgan fingerprint density at radius 1 is 0.637 bits per heavy atom. The third-order valence-electron chi connectivity index (χ3n) is 13.5. The Hall–Kier alpha value is -7.96. The second-order valence-electron chi connectivity index (χ2n) is 19.5. The number of fused-ring (bicyclic) bond motifs is 2. The van der Waals surface area contributed by atoms with Gasteiger partial charge in [-0.15, -0.1) is 0 Å². The van der Waals surface area contributed by atoms with Crippen molar-refractivity contribution in [1.29, 1.82) is 0 Å². The van der Waals surface area contributed by atoms with E-state index >= 15 is 0 Å². The fraction of sp³-hybridized carbons (Fsp3) is 0.333. The average Bonchev–Trinajstić information content (AvgIpc) is 3.86. The van der Waals surface area contributed by atoms with Crippen molar-refractivity contribution in [2.75, 3.05) is 24.7 Å². The molecule has 0 bridgehead atoms. The van der Waals surface area contributed by atoms with Crippen molar-refractivity contribution in [3.8, 4) is 5.75 Å². The van der Waals surface area contributed by atoms with Crippen LogP contribution in [0.4, 0.5) is 0 Å². The highest BCUT2D eigenvalue weighted by molar-refractivity contribution is 8.76. The van der Waals surface area contributed by atoms with Gasteiger partial charge in [-0.3, -0.25) is 38.4 Å². The van der Waals surface area contributed by atoms with Crippen LogP contribution in [0, 0.1) is 0 Å². The number of aliphatic hydroxyl groups is 1. The summed E-state index contributed by atoms with van der Waals surface area (Å²) >= 11 is 0. The number of unbranched alkanes of at least 4 members (excludes halogenated alkanes) is 1. The zero-order valence-corrected chi connectivity index (χ0v) is 45.4. The van der Waals surface area contributed by atoms with E-state index in [1.54, 1.807) is 48.7 Å². The van der Waals surface area contributed by atoms with Gasteiger partial charge in [0.2, 0.25) is 47.3 Å². The number of carbonyl (C=O) groups excluding carboxylic acids is 8. The molecule has 0 unspecified atom stereocenters. The third kappa shape index (κ3) is 17.0. The summed E-state index contributed by atoms with van der Waals surface area (Å²) in [5, 5.41) is 42.2. The highest BCUT2D eigenvalue weighted by atomic mass is 33.1. The van der Waals surface area contributed by atoms with Gasteiger partial charge in [-0.1, -0.05) is 125 Å². The first-order valence-corrected chi connectivity index (χ1v) is 28.6. The van der Waals surface area contributed by atoms with Crippen molar-refractivity contribution in [1.82, 2.24) is 42.2 Å². The Balaban J connectivity index is 1.24. The molecule has 2 heterocycles. The van der Waals surface area contributed by atoms with E-state index in [0.717, 1.165) is 48.8 Å². The van der Waals surface area contributed by atoms with Gasteiger partial charge in [-0.25, -0.2) is 0 Å². The Labute approximate surface area is 469 Å². The van der Waals surface area contributed by atoms with Crippen LogP contribution >= 0.6 is 21.6 Å². The van der Waals surface area contributed by atoms with Crippen LogP contribution in [0.15, 0.2) is 128 Å². The molecule has 16 N–H and O–H groups in total. The molecule has 0 spiro atoms. The number of amides is 8. The zero-order chi connectivity index (χ0) is 57.1. The molecule has 1 aromatic heterocycles. The molecule has 0 aliphatic carbocycles. The van der Waals surface area contributed by atoms with Crippen LogP contribution in [0.2, 0.25) is 0 Å². The lowest BCUT2D eigenvalue weighted by atomic mass is 10.0. The van der Waals surface area contributed by atoms with Gasteiger partial charge in [0.05, 0.1) is 12.6 Å². The van der Waals surface area contributed by atoms with E-state index in [1.807, 2.05) is 66.7 Å². The molecule has 8 amide bonds.